The van der Waals surface area contributed by atoms with Crippen molar-refractivity contribution in [1.82, 2.24) is 4.90 Å². The van der Waals surface area contributed by atoms with Crippen LogP contribution in [-0.2, 0) is 4.79 Å². The molecule has 108 valence electrons. The SMILES string of the molecule is NC1CCN(C(=O)C2CC2c2ccc(F)cc2F)CC1. The highest BCUT2D eigenvalue weighted by Crippen LogP contribution is 2.49. The van der Waals surface area contributed by atoms with Gasteiger partial charge in [0.1, 0.15) is 11.6 Å². The van der Waals surface area contributed by atoms with E-state index in [-0.39, 0.29) is 23.8 Å². The first-order valence-corrected chi connectivity index (χ1v) is 7.05. The summed E-state index contributed by atoms with van der Waals surface area (Å²) >= 11 is 0. The van der Waals surface area contributed by atoms with E-state index in [4.69, 9.17) is 5.73 Å². The van der Waals surface area contributed by atoms with Crippen LogP contribution in [0.1, 0.15) is 30.7 Å². The third kappa shape index (κ3) is 2.54. The van der Waals surface area contributed by atoms with Crippen LogP contribution >= 0.6 is 0 Å². The molecule has 2 atom stereocenters. The molecule has 2 N–H and O–H groups in total. The Hall–Kier alpha value is -1.49. The van der Waals surface area contributed by atoms with E-state index in [1.165, 1.54) is 12.1 Å². The maximum atomic E-state index is 13.7. The number of rotatable bonds is 2. The number of piperidine rings is 1. The quantitative estimate of drug-likeness (QED) is 0.901. The van der Waals surface area contributed by atoms with E-state index in [2.05, 4.69) is 0 Å². The summed E-state index contributed by atoms with van der Waals surface area (Å²) in [6.45, 7) is 1.38. The summed E-state index contributed by atoms with van der Waals surface area (Å²) in [5.74, 6) is -1.29. The molecule has 1 aromatic rings. The Morgan fingerprint density at radius 1 is 1.25 bits per heavy atom. The van der Waals surface area contributed by atoms with Gasteiger partial charge >= 0.3 is 0 Å². The molecule has 1 aromatic carbocycles. The van der Waals surface area contributed by atoms with Gasteiger partial charge in [-0.05, 0) is 36.8 Å². The summed E-state index contributed by atoms with van der Waals surface area (Å²) in [6, 6.07) is 3.77. The first-order chi connectivity index (χ1) is 9.56. The minimum atomic E-state index is -0.584. The average Bonchev–Trinajstić information content (AvgIpc) is 3.19. The Balaban J connectivity index is 1.65. The third-order valence-corrected chi connectivity index (χ3v) is 4.32. The van der Waals surface area contributed by atoms with Crippen molar-refractivity contribution in [2.24, 2.45) is 11.7 Å². The van der Waals surface area contributed by atoms with E-state index in [9.17, 15) is 13.6 Å². The van der Waals surface area contributed by atoms with Crippen LogP contribution in [0.15, 0.2) is 18.2 Å². The molecule has 0 bridgehead atoms. The molecule has 3 nitrogen and oxygen atoms in total. The Kier molecular flexibility index (Phi) is 3.46. The maximum Gasteiger partial charge on any atom is 0.226 e. The number of nitrogens with zero attached hydrogens (tertiary/aromatic N) is 1. The molecular formula is C15H18F2N2O. The fourth-order valence-corrected chi connectivity index (χ4v) is 2.97. The number of hydrogen-bond acceptors (Lipinski definition) is 2. The smallest absolute Gasteiger partial charge is 0.226 e. The second kappa shape index (κ2) is 5.13. The number of nitrogens with two attached hydrogens (primary N) is 1. The molecule has 1 aliphatic heterocycles. The van der Waals surface area contributed by atoms with Crippen molar-refractivity contribution < 1.29 is 13.6 Å². The lowest BCUT2D eigenvalue weighted by Crippen LogP contribution is -2.43. The summed E-state index contributed by atoms with van der Waals surface area (Å²) in [5, 5.41) is 0. The van der Waals surface area contributed by atoms with Crippen molar-refractivity contribution in [3.8, 4) is 0 Å². The van der Waals surface area contributed by atoms with Crippen LogP contribution in [0.3, 0.4) is 0 Å². The highest BCUT2D eigenvalue weighted by Gasteiger charge is 2.47. The van der Waals surface area contributed by atoms with Gasteiger partial charge in [0.15, 0.2) is 0 Å². The van der Waals surface area contributed by atoms with Crippen LogP contribution in [0.2, 0.25) is 0 Å². The summed E-state index contributed by atoms with van der Waals surface area (Å²) in [5.41, 5.74) is 6.28. The molecule has 1 amide bonds. The number of amides is 1. The largest absolute Gasteiger partial charge is 0.342 e. The van der Waals surface area contributed by atoms with Crippen molar-refractivity contribution in [1.29, 1.82) is 0 Å². The van der Waals surface area contributed by atoms with Gasteiger partial charge in [-0.15, -0.1) is 0 Å². The van der Waals surface area contributed by atoms with Crippen LogP contribution < -0.4 is 5.73 Å². The van der Waals surface area contributed by atoms with E-state index in [0.29, 0.717) is 25.1 Å². The predicted molar refractivity (Wildman–Crippen MR) is 71.0 cm³/mol. The van der Waals surface area contributed by atoms with Crippen LogP contribution in [-0.4, -0.2) is 29.9 Å². The van der Waals surface area contributed by atoms with E-state index >= 15 is 0 Å². The highest BCUT2D eigenvalue weighted by atomic mass is 19.1. The van der Waals surface area contributed by atoms with Crippen molar-refractivity contribution in [2.45, 2.75) is 31.2 Å². The topological polar surface area (TPSA) is 46.3 Å². The van der Waals surface area contributed by atoms with Crippen LogP contribution in [0.25, 0.3) is 0 Å². The van der Waals surface area contributed by atoms with E-state index in [0.717, 1.165) is 18.9 Å². The monoisotopic (exact) mass is 280 g/mol. The van der Waals surface area contributed by atoms with E-state index < -0.39 is 11.6 Å². The Labute approximate surface area is 116 Å². The molecule has 0 radical (unpaired) electrons. The van der Waals surface area contributed by atoms with Crippen LogP contribution in [0.5, 0.6) is 0 Å². The molecule has 2 unspecified atom stereocenters. The van der Waals surface area contributed by atoms with Gasteiger partial charge in [-0.3, -0.25) is 4.79 Å². The molecule has 5 heteroatoms. The summed E-state index contributed by atoms with van der Waals surface area (Å²) in [6.07, 6.45) is 2.31. The molecule has 20 heavy (non-hydrogen) atoms. The molecule has 0 spiro atoms. The number of halogens is 2. The molecule has 1 aliphatic carbocycles. The van der Waals surface area contributed by atoms with Crippen LogP contribution in [0.4, 0.5) is 8.78 Å². The van der Waals surface area contributed by atoms with Gasteiger partial charge in [0.2, 0.25) is 5.91 Å². The van der Waals surface area contributed by atoms with Gasteiger partial charge in [-0.25, -0.2) is 8.78 Å². The van der Waals surface area contributed by atoms with Gasteiger partial charge in [-0.2, -0.15) is 0 Å². The standard InChI is InChI=1S/C15H18F2N2O/c16-9-1-2-11(14(17)7-9)12-8-13(12)15(20)19-5-3-10(18)4-6-19/h1-2,7,10,12-13H,3-6,8,18H2. The summed E-state index contributed by atoms with van der Waals surface area (Å²) in [4.78, 5) is 14.1. The van der Waals surface area contributed by atoms with Gasteiger partial charge in [0, 0.05) is 31.1 Å². The molecule has 1 saturated carbocycles. The minimum Gasteiger partial charge on any atom is -0.342 e. The average molecular weight is 280 g/mol. The lowest BCUT2D eigenvalue weighted by atomic mass is 10.0. The second-order valence-corrected chi connectivity index (χ2v) is 5.78. The molecule has 1 saturated heterocycles. The normalized spacial score (nSPS) is 26.6. The summed E-state index contributed by atoms with van der Waals surface area (Å²) < 4.78 is 26.6. The fraction of sp³-hybridized carbons (Fsp3) is 0.533. The molecular weight excluding hydrogens is 262 g/mol. The number of carbonyl (C=O) groups excluding carboxylic acids is 1. The number of hydrogen-bond donors (Lipinski definition) is 1. The zero-order chi connectivity index (χ0) is 14.3. The Morgan fingerprint density at radius 3 is 2.60 bits per heavy atom. The van der Waals surface area contributed by atoms with Gasteiger partial charge < -0.3 is 10.6 Å². The van der Waals surface area contributed by atoms with Crippen molar-refractivity contribution in [3.05, 3.63) is 35.4 Å². The Bertz CT molecular complexity index is 527. The first-order valence-electron chi connectivity index (χ1n) is 7.05. The predicted octanol–water partition coefficient (Wildman–Crippen LogP) is 2.02. The zero-order valence-corrected chi connectivity index (χ0v) is 11.2. The zero-order valence-electron chi connectivity index (χ0n) is 11.2. The third-order valence-electron chi connectivity index (χ3n) is 4.32. The minimum absolute atomic E-state index is 0.0885. The van der Waals surface area contributed by atoms with Gasteiger partial charge in [0.05, 0.1) is 0 Å². The van der Waals surface area contributed by atoms with Gasteiger partial charge in [-0.1, -0.05) is 6.07 Å². The molecule has 3 rings (SSSR count). The molecule has 1 heterocycles. The van der Waals surface area contributed by atoms with Crippen molar-refractivity contribution in [3.63, 3.8) is 0 Å². The lowest BCUT2D eigenvalue weighted by molar-refractivity contribution is -0.133. The number of carbonyl (C=O) groups is 1. The van der Waals surface area contributed by atoms with Crippen molar-refractivity contribution >= 4 is 5.91 Å². The molecule has 0 aromatic heterocycles. The second-order valence-electron chi connectivity index (χ2n) is 5.78. The fourth-order valence-electron chi connectivity index (χ4n) is 2.97. The lowest BCUT2D eigenvalue weighted by Gasteiger charge is -2.30. The maximum absolute atomic E-state index is 13.7. The van der Waals surface area contributed by atoms with E-state index in [1.54, 1.807) is 0 Å². The van der Waals surface area contributed by atoms with E-state index in [1.807, 2.05) is 4.90 Å². The summed E-state index contributed by atoms with van der Waals surface area (Å²) in [7, 11) is 0. The molecule has 2 fully saturated rings. The number of benzene rings is 1. The first kappa shape index (κ1) is 13.5. The van der Waals surface area contributed by atoms with Crippen molar-refractivity contribution in [2.75, 3.05) is 13.1 Å². The van der Waals surface area contributed by atoms with Gasteiger partial charge in [0.25, 0.3) is 0 Å². The number of likely N-dealkylation sites (tertiary alicyclic amines) is 1. The highest BCUT2D eigenvalue weighted by molar-refractivity contribution is 5.83. The molecule has 2 aliphatic rings. The van der Waals surface area contributed by atoms with Crippen LogP contribution in [0, 0.1) is 17.6 Å². The Morgan fingerprint density at radius 2 is 1.95 bits per heavy atom.